The van der Waals surface area contributed by atoms with Crippen LogP contribution in [0.15, 0.2) is 78.0 Å². The Bertz CT molecular complexity index is 979. The van der Waals surface area contributed by atoms with Crippen molar-refractivity contribution in [3.8, 4) is 5.75 Å². The van der Waals surface area contributed by atoms with E-state index in [0.29, 0.717) is 18.4 Å². The minimum absolute atomic E-state index is 0.336. The van der Waals surface area contributed by atoms with Crippen LogP contribution in [0.25, 0.3) is 0 Å². The van der Waals surface area contributed by atoms with Gasteiger partial charge in [-0.15, -0.1) is 0 Å². The van der Waals surface area contributed by atoms with Crippen molar-refractivity contribution in [1.29, 1.82) is 0 Å². The highest BCUT2D eigenvalue weighted by Gasteiger charge is 2.43. The molecule has 0 bridgehead atoms. The van der Waals surface area contributed by atoms with Gasteiger partial charge in [-0.2, -0.15) is 0 Å². The van der Waals surface area contributed by atoms with Gasteiger partial charge in [-0.1, -0.05) is 58.7 Å². The first kappa shape index (κ1) is 19.5. The van der Waals surface area contributed by atoms with E-state index in [1.165, 1.54) is 11.1 Å². The predicted octanol–water partition coefficient (Wildman–Crippen LogP) is 6.38. The summed E-state index contributed by atoms with van der Waals surface area (Å²) in [7, 11) is 1.67. The Balaban J connectivity index is 1.53. The molecule has 0 unspecified atom stereocenters. The van der Waals surface area contributed by atoms with Gasteiger partial charge in [0.2, 0.25) is 0 Å². The van der Waals surface area contributed by atoms with Crippen LogP contribution in [0.2, 0.25) is 5.02 Å². The molecule has 0 heterocycles. The Morgan fingerprint density at radius 1 is 0.966 bits per heavy atom. The van der Waals surface area contributed by atoms with Gasteiger partial charge < -0.3 is 9.57 Å². The molecule has 1 aliphatic rings. The van der Waals surface area contributed by atoms with Gasteiger partial charge in [-0.05, 0) is 72.4 Å². The Hall–Kier alpha value is -2.78. The van der Waals surface area contributed by atoms with Crippen LogP contribution in [-0.4, -0.2) is 12.8 Å². The highest BCUT2D eigenvalue weighted by molar-refractivity contribution is 6.30. The zero-order valence-corrected chi connectivity index (χ0v) is 17.4. The van der Waals surface area contributed by atoms with E-state index in [1.807, 2.05) is 36.4 Å². The number of ether oxygens (including phenoxy) is 1. The first-order chi connectivity index (χ1) is 14.1. The van der Waals surface area contributed by atoms with E-state index in [0.717, 1.165) is 34.0 Å². The maximum atomic E-state index is 6.04. The summed E-state index contributed by atoms with van der Waals surface area (Å²) >= 11 is 6.04. The summed E-state index contributed by atoms with van der Waals surface area (Å²) in [4.78, 5) is 5.77. The Morgan fingerprint density at radius 3 is 2.31 bits per heavy atom. The zero-order chi connectivity index (χ0) is 20.2. The van der Waals surface area contributed by atoms with Crippen molar-refractivity contribution in [1.82, 2.24) is 0 Å². The van der Waals surface area contributed by atoms with Crippen LogP contribution in [0.4, 0.5) is 0 Å². The SMILES string of the molecule is COc1ccc(/C(=N/OCc2ccc(C)cc2)[C@H]2C[C@H]2c2ccc(Cl)cc2)cc1. The van der Waals surface area contributed by atoms with Crippen molar-refractivity contribution in [3.63, 3.8) is 0 Å². The van der Waals surface area contributed by atoms with Gasteiger partial charge in [0, 0.05) is 10.9 Å². The lowest BCUT2D eigenvalue weighted by molar-refractivity contribution is 0.130. The lowest BCUT2D eigenvalue weighted by atomic mass is 10.0. The van der Waals surface area contributed by atoms with Crippen LogP contribution in [0.1, 0.15) is 34.6 Å². The number of rotatable bonds is 7. The lowest BCUT2D eigenvalue weighted by Crippen LogP contribution is -2.07. The molecule has 4 heteroatoms. The first-order valence-corrected chi connectivity index (χ1v) is 10.2. The molecule has 4 rings (SSSR count). The van der Waals surface area contributed by atoms with Crippen molar-refractivity contribution in [3.05, 3.63) is 100 Å². The smallest absolute Gasteiger partial charge is 0.142 e. The van der Waals surface area contributed by atoms with Gasteiger partial charge in [-0.3, -0.25) is 0 Å². The van der Waals surface area contributed by atoms with E-state index in [2.05, 4.69) is 48.5 Å². The summed E-state index contributed by atoms with van der Waals surface area (Å²) in [5, 5.41) is 5.33. The molecular formula is C25H24ClNO2. The quantitative estimate of drug-likeness (QED) is 0.337. The van der Waals surface area contributed by atoms with Crippen LogP contribution in [0.3, 0.4) is 0 Å². The molecule has 0 saturated heterocycles. The largest absolute Gasteiger partial charge is 0.497 e. The minimum atomic E-state index is 0.336. The fraction of sp³-hybridized carbons (Fsp3) is 0.240. The maximum absolute atomic E-state index is 6.04. The number of nitrogens with zero attached hydrogens (tertiary/aromatic N) is 1. The molecule has 2 atom stereocenters. The topological polar surface area (TPSA) is 30.8 Å². The summed E-state index contributed by atoms with van der Waals surface area (Å²) in [5.41, 5.74) is 5.69. The molecular weight excluding hydrogens is 382 g/mol. The number of oxime groups is 1. The van der Waals surface area contributed by atoms with E-state index >= 15 is 0 Å². The average molecular weight is 406 g/mol. The molecule has 0 N–H and O–H groups in total. The van der Waals surface area contributed by atoms with E-state index in [1.54, 1.807) is 7.11 Å². The molecule has 1 saturated carbocycles. The molecule has 1 aliphatic carbocycles. The number of hydrogen-bond acceptors (Lipinski definition) is 3. The number of halogens is 1. The van der Waals surface area contributed by atoms with Gasteiger partial charge >= 0.3 is 0 Å². The predicted molar refractivity (Wildman–Crippen MR) is 118 cm³/mol. The van der Waals surface area contributed by atoms with E-state index in [-0.39, 0.29) is 0 Å². The second-order valence-electron chi connectivity index (χ2n) is 7.46. The number of methoxy groups -OCH3 is 1. The molecule has 3 nitrogen and oxygen atoms in total. The Labute approximate surface area is 176 Å². The third kappa shape index (κ3) is 4.80. The summed E-state index contributed by atoms with van der Waals surface area (Å²) in [6.07, 6.45) is 1.06. The summed E-state index contributed by atoms with van der Waals surface area (Å²) < 4.78 is 5.29. The molecule has 3 aromatic rings. The molecule has 0 amide bonds. The fourth-order valence-electron chi connectivity index (χ4n) is 3.53. The van der Waals surface area contributed by atoms with Gasteiger partial charge in [0.05, 0.1) is 12.8 Å². The van der Waals surface area contributed by atoms with Crippen molar-refractivity contribution < 1.29 is 9.57 Å². The van der Waals surface area contributed by atoms with E-state index < -0.39 is 0 Å². The molecule has 0 aliphatic heterocycles. The zero-order valence-electron chi connectivity index (χ0n) is 16.6. The fourth-order valence-corrected chi connectivity index (χ4v) is 3.66. The third-order valence-corrected chi connectivity index (χ3v) is 5.59. The average Bonchev–Trinajstić information content (AvgIpc) is 3.54. The molecule has 0 spiro atoms. The van der Waals surface area contributed by atoms with Crippen molar-refractivity contribution in [2.75, 3.05) is 7.11 Å². The van der Waals surface area contributed by atoms with Crippen LogP contribution in [0, 0.1) is 12.8 Å². The van der Waals surface area contributed by atoms with Crippen LogP contribution < -0.4 is 4.74 Å². The second-order valence-corrected chi connectivity index (χ2v) is 7.90. The standard InChI is InChI=1S/C25H24ClNO2/c1-17-3-5-18(6-4-17)16-29-27-25(20-9-13-22(28-2)14-10-20)24-15-23(24)19-7-11-21(26)12-8-19/h3-14,23-24H,15-16H2,1-2H3/b27-25-/t23-,24-/m0/s1. The number of benzene rings is 3. The lowest BCUT2D eigenvalue weighted by Gasteiger charge is -2.09. The monoisotopic (exact) mass is 405 g/mol. The number of aryl methyl sites for hydroxylation is 1. The van der Waals surface area contributed by atoms with Gasteiger partial charge in [0.15, 0.2) is 0 Å². The Morgan fingerprint density at radius 2 is 1.66 bits per heavy atom. The van der Waals surface area contributed by atoms with E-state index in [4.69, 9.17) is 21.2 Å². The molecule has 148 valence electrons. The Kier molecular flexibility index (Phi) is 5.86. The second kappa shape index (κ2) is 8.71. The van der Waals surface area contributed by atoms with Gasteiger partial charge in [-0.25, -0.2) is 0 Å². The highest BCUT2D eigenvalue weighted by Crippen LogP contribution is 2.49. The van der Waals surface area contributed by atoms with Crippen LogP contribution in [-0.2, 0) is 11.4 Å². The molecule has 0 aromatic heterocycles. The summed E-state index contributed by atoms with van der Waals surface area (Å²) in [5.74, 6) is 1.61. The van der Waals surface area contributed by atoms with Gasteiger partial charge in [0.25, 0.3) is 0 Å². The summed E-state index contributed by atoms with van der Waals surface area (Å²) in [6, 6.07) is 24.4. The minimum Gasteiger partial charge on any atom is -0.497 e. The van der Waals surface area contributed by atoms with Gasteiger partial charge in [0.1, 0.15) is 12.4 Å². The van der Waals surface area contributed by atoms with Crippen LogP contribution in [0.5, 0.6) is 5.75 Å². The van der Waals surface area contributed by atoms with Crippen molar-refractivity contribution in [2.45, 2.75) is 25.9 Å². The molecule has 0 radical (unpaired) electrons. The maximum Gasteiger partial charge on any atom is 0.142 e. The van der Waals surface area contributed by atoms with E-state index in [9.17, 15) is 0 Å². The third-order valence-electron chi connectivity index (χ3n) is 5.34. The van der Waals surface area contributed by atoms with Crippen molar-refractivity contribution >= 4 is 17.3 Å². The van der Waals surface area contributed by atoms with Crippen LogP contribution >= 0.6 is 11.6 Å². The number of hydrogen-bond donors (Lipinski definition) is 0. The molecule has 1 fully saturated rings. The molecule has 3 aromatic carbocycles. The highest BCUT2D eigenvalue weighted by atomic mass is 35.5. The summed E-state index contributed by atoms with van der Waals surface area (Å²) in [6.45, 7) is 2.53. The first-order valence-electron chi connectivity index (χ1n) is 9.79. The normalized spacial score (nSPS) is 18.4. The van der Waals surface area contributed by atoms with Crippen molar-refractivity contribution in [2.24, 2.45) is 11.1 Å². The molecule has 29 heavy (non-hydrogen) atoms.